The van der Waals surface area contributed by atoms with Crippen LogP contribution in [0.4, 0.5) is 0 Å². The van der Waals surface area contributed by atoms with Gasteiger partial charge in [-0.1, -0.05) is 60.2 Å². The molecule has 0 atom stereocenters. The van der Waals surface area contributed by atoms with Crippen molar-refractivity contribution in [3.8, 4) is 5.75 Å². The van der Waals surface area contributed by atoms with E-state index in [1.165, 1.54) is 0 Å². The van der Waals surface area contributed by atoms with Gasteiger partial charge in [0.2, 0.25) is 0 Å². The van der Waals surface area contributed by atoms with Crippen LogP contribution in [0, 0.1) is 6.92 Å². The fourth-order valence-electron chi connectivity index (χ4n) is 3.56. The summed E-state index contributed by atoms with van der Waals surface area (Å²) in [6, 6.07) is 21.4. The molecule has 146 valence electrons. The summed E-state index contributed by atoms with van der Waals surface area (Å²) >= 11 is 0. The molecule has 0 bridgehead atoms. The Morgan fingerprint density at radius 3 is 2.55 bits per heavy atom. The third-order valence-electron chi connectivity index (χ3n) is 5.05. The summed E-state index contributed by atoms with van der Waals surface area (Å²) in [6.07, 6.45) is 0.651. The molecule has 0 radical (unpaired) electrons. The van der Waals surface area contributed by atoms with Crippen LogP contribution in [0.25, 0.3) is 10.9 Å². The zero-order valence-electron chi connectivity index (χ0n) is 16.5. The Labute approximate surface area is 169 Å². The summed E-state index contributed by atoms with van der Waals surface area (Å²) in [5.74, 6) is -0.272. The Hall–Kier alpha value is -3.60. The number of carbonyl (C=O) groups is 1. The van der Waals surface area contributed by atoms with Crippen molar-refractivity contribution in [3.63, 3.8) is 0 Å². The van der Waals surface area contributed by atoms with Gasteiger partial charge in [0.05, 0.1) is 16.8 Å². The molecule has 4 aromatic rings. The van der Waals surface area contributed by atoms with E-state index in [1.807, 2.05) is 55.5 Å². The van der Waals surface area contributed by atoms with Gasteiger partial charge in [0, 0.05) is 31.5 Å². The monoisotopic (exact) mass is 385 g/mol. The number of benzene rings is 3. The molecule has 0 saturated carbocycles. The van der Waals surface area contributed by atoms with Crippen LogP contribution in [0.5, 0.6) is 5.75 Å². The Kier molecular flexibility index (Phi) is 5.04. The number of aromatic nitrogens is 2. The van der Waals surface area contributed by atoms with E-state index in [0.717, 1.165) is 27.8 Å². The van der Waals surface area contributed by atoms with Gasteiger partial charge in [-0.25, -0.2) is 0 Å². The first kappa shape index (κ1) is 18.7. The van der Waals surface area contributed by atoms with E-state index < -0.39 is 0 Å². The first-order chi connectivity index (χ1) is 14.0. The molecule has 5 nitrogen and oxygen atoms in total. The highest BCUT2D eigenvalue weighted by molar-refractivity contribution is 6.01. The van der Waals surface area contributed by atoms with E-state index in [1.54, 1.807) is 24.1 Å². The van der Waals surface area contributed by atoms with Crippen LogP contribution >= 0.6 is 0 Å². The third kappa shape index (κ3) is 3.99. The number of phenols is 1. The molecule has 0 fully saturated rings. The highest BCUT2D eigenvalue weighted by Crippen LogP contribution is 2.28. The smallest absolute Gasteiger partial charge is 0.257 e. The highest BCUT2D eigenvalue weighted by Gasteiger charge is 2.19. The molecular formula is C24H23N3O2. The van der Waals surface area contributed by atoms with Crippen LogP contribution < -0.4 is 0 Å². The van der Waals surface area contributed by atoms with Gasteiger partial charge in [0.15, 0.2) is 0 Å². The lowest BCUT2D eigenvalue weighted by atomic mass is 10.0. The van der Waals surface area contributed by atoms with Crippen molar-refractivity contribution in [2.24, 2.45) is 0 Å². The van der Waals surface area contributed by atoms with Gasteiger partial charge in [0.25, 0.3) is 5.91 Å². The third-order valence-corrected chi connectivity index (χ3v) is 5.05. The molecule has 1 amide bonds. The van der Waals surface area contributed by atoms with Crippen LogP contribution in [-0.4, -0.2) is 33.2 Å². The fourth-order valence-corrected chi connectivity index (χ4v) is 3.56. The van der Waals surface area contributed by atoms with Crippen LogP contribution in [0.3, 0.4) is 0 Å². The number of nitrogens with one attached hydrogen (secondary N) is 1. The number of aryl methyl sites for hydroxylation is 1. The number of fused-ring (bicyclic) bond motifs is 1. The minimum Gasteiger partial charge on any atom is -0.507 e. The second-order valence-electron chi connectivity index (χ2n) is 7.40. The van der Waals surface area contributed by atoms with E-state index in [0.29, 0.717) is 18.5 Å². The lowest BCUT2D eigenvalue weighted by molar-refractivity contribution is 0.0782. The van der Waals surface area contributed by atoms with Crippen molar-refractivity contribution in [1.29, 1.82) is 0 Å². The molecule has 29 heavy (non-hydrogen) atoms. The molecule has 0 unspecified atom stereocenters. The van der Waals surface area contributed by atoms with Crippen molar-refractivity contribution in [3.05, 3.63) is 94.7 Å². The molecule has 2 N–H and O–H groups in total. The largest absolute Gasteiger partial charge is 0.507 e. The average Bonchev–Trinajstić information content (AvgIpc) is 3.09. The number of aromatic hydroxyl groups is 1. The number of aromatic amines is 1. The van der Waals surface area contributed by atoms with Crippen molar-refractivity contribution in [2.45, 2.75) is 19.9 Å². The minimum atomic E-state index is -0.224. The average molecular weight is 385 g/mol. The van der Waals surface area contributed by atoms with Crippen LogP contribution in [-0.2, 0) is 13.0 Å². The first-order valence-corrected chi connectivity index (χ1v) is 9.56. The van der Waals surface area contributed by atoms with Crippen LogP contribution in [0.2, 0.25) is 0 Å². The second kappa shape index (κ2) is 7.80. The number of H-pyrrole nitrogens is 1. The zero-order valence-corrected chi connectivity index (χ0v) is 16.5. The number of phenolic OH excluding ortho intramolecular Hbond substituents is 1. The Morgan fingerprint density at radius 1 is 1.03 bits per heavy atom. The number of hydrogen-bond donors (Lipinski definition) is 2. The summed E-state index contributed by atoms with van der Waals surface area (Å²) in [5, 5.41) is 18.6. The highest BCUT2D eigenvalue weighted by atomic mass is 16.3. The predicted molar refractivity (Wildman–Crippen MR) is 114 cm³/mol. The molecule has 3 aromatic carbocycles. The van der Waals surface area contributed by atoms with Crippen molar-refractivity contribution in [1.82, 2.24) is 15.1 Å². The number of amides is 1. The number of rotatable bonds is 5. The fraction of sp³-hybridized carbons (Fsp3) is 0.167. The summed E-state index contributed by atoms with van der Waals surface area (Å²) < 4.78 is 0. The Morgan fingerprint density at radius 2 is 1.79 bits per heavy atom. The maximum Gasteiger partial charge on any atom is 0.257 e. The van der Waals surface area contributed by atoms with E-state index in [4.69, 9.17) is 0 Å². The molecule has 4 rings (SSSR count). The van der Waals surface area contributed by atoms with Gasteiger partial charge < -0.3 is 10.0 Å². The van der Waals surface area contributed by atoms with Crippen LogP contribution in [0.15, 0.2) is 66.7 Å². The molecular weight excluding hydrogens is 362 g/mol. The summed E-state index contributed by atoms with van der Waals surface area (Å²) in [5.41, 5.74) is 5.18. The summed E-state index contributed by atoms with van der Waals surface area (Å²) in [4.78, 5) is 14.6. The van der Waals surface area contributed by atoms with Gasteiger partial charge in [0.1, 0.15) is 5.75 Å². The number of nitrogens with zero attached hydrogens (tertiary/aromatic N) is 2. The van der Waals surface area contributed by atoms with Gasteiger partial charge in [-0.3, -0.25) is 9.89 Å². The summed E-state index contributed by atoms with van der Waals surface area (Å²) in [7, 11) is 1.74. The Bertz CT molecular complexity index is 1170. The van der Waals surface area contributed by atoms with Crippen molar-refractivity contribution in [2.75, 3.05) is 7.05 Å². The molecule has 1 aromatic heterocycles. The van der Waals surface area contributed by atoms with Gasteiger partial charge in [-0.05, 0) is 24.1 Å². The van der Waals surface area contributed by atoms with Crippen LogP contribution in [0.1, 0.15) is 32.7 Å². The van der Waals surface area contributed by atoms with E-state index in [9.17, 15) is 9.90 Å². The predicted octanol–water partition coefficient (Wildman–Crippen LogP) is 4.44. The minimum absolute atomic E-state index is 0.0477. The molecule has 5 heteroatoms. The second-order valence-corrected chi connectivity index (χ2v) is 7.40. The SMILES string of the molecule is Cc1cccc(CN(C)C(=O)c2cc3c(Cc4ccccc4)n[nH]c3cc2O)c1. The van der Waals surface area contributed by atoms with Gasteiger partial charge >= 0.3 is 0 Å². The molecule has 0 aliphatic rings. The maximum atomic E-state index is 13.0. The maximum absolute atomic E-state index is 13.0. The molecule has 1 heterocycles. The topological polar surface area (TPSA) is 69.2 Å². The number of hydrogen-bond acceptors (Lipinski definition) is 3. The molecule has 0 aliphatic heterocycles. The van der Waals surface area contributed by atoms with Crippen molar-refractivity contribution < 1.29 is 9.90 Å². The van der Waals surface area contributed by atoms with Crippen molar-refractivity contribution >= 4 is 16.8 Å². The van der Waals surface area contributed by atoms with Gasteiger partial charge in [-0.15, -0.1) is 0 Å². The molecule has 0 saturated heterocycles. The first-order valence-electron chi connectivity index (χ1n) is 9.56. The molecule has 0 aliphatic carbocycles. The lowest BCUT2D eigenvalue weighted by Gasteiger charge is -2.18. The zero-order chi connectivity index (χ0) is 20.4. The van der Waals surface area contributed by atoms with E-state index in [-0.39, 0.29) is 17.2 Å². The number of carbonyl (C=O) groups excluding carboxylic acids is 1. The Balaban J connectivity index is 1.63. The normalized spacial score (nSPS) is 11.0. The summed E-state index contributed by atoms with van der Waals surface area (Å²) in [6.45, 7) is 2.50. The van der Waals surface area contributed by atoms with E-state index in [2.05, 4.69) is 16.3 Å². The van der Waals surface area contributed by atoms with Gasteiger partial charge in [-0.2, -0.15) is 5.10 Å². The lowest BCUT2D eigenvalue weighted by Crippen LogP contribution is -2.26. The van der Waals surface area contributed by atoms with E-state index >= 15 is 0 Å². The quantitative estimate of drug-likeness (QED) is 0.534. The standard InChI is InChI=1S/C24H23N3O2/c1-16-7-6-10-18(11-16)15-27(2)24(29)20-13-19-21(12-17-8-4-3-5-9-17)25-26-22(19)14-23(20)28/h3-11,13-14,28H,12,15H2,1-2H3,(H,25,26). The molecule has 0 spiro atoms.